The molecule has 1 aliphatic carbocycles. The van der Waals surface area contributed by atoms with E-state index in [1.165, 1.54) is 18.4 Å². The molecule has 0 aliphatic heterocycles. The first-order valence-corrected chi connectivity index (χ1v) is 9.54. The van der Waals surface area contributed by atoms with E-state index >= 15 is 0 Å². The van der Waals surface area contributed by atoms with Crippen LogP contribution in [-0.4, -0.2) is 23.2 Å². The van der Waals surface area contributed by atoms with Gasteiger partial charge in [-0.15, -0.1) is 0 Å². The summed E-state index contributed by atoms with van der Waals surface area (Å²) in [4.78, 5) is 28.0. The molecular weight excluding hydrogens is 324 g/mol. The molecule has 2 N–H and O–H groups in total. The molecule has 138 valence electrons. The Kier molecular flexibility index (Phi) is 5.30. The first-order valence-electron chi connectivity index (χ1n) is 9.54. The molecule has 0 bridgehead atoms. The Bertz CT molecular complexity index is 799. The van der Waals surface area contributed by atoms with Crippen molar-refractivity contribution in [2.75, 3.05) is 6.54 Å². The van der Waals surface area contributed by atoms with Crippen LogP contribution in [0.25, 0.3) is 0 Å². The van der Waals surface area contributed by atoms with Gasteiger partial charge in [-0.1, -0.05) is 50.1 Å². The Hall–Kier alpha value is -2.36. The number of rotatable bonds is 6. The number of aryl methyl sites for hydroxylation is 1. The number of carbonyl (C=O) groups excluding carboxylic acids is 2. The number of hydrogen-bond donors (Lipinski definition) is 2. The van der Waals surface area contributed by atoms with E-state index in [9.17, 15) is 9.59 Å². The largest absolute Gasteiger partial charge is 0.354 e. The van der Waals surface area contributed by atoms with Gasteiger partial charge in [-0.05, 0) is 44.2 Å². The third kappa shape index (κ3) is 3.33. The summed E-state index contributed by atoms with van der Waals surface area (Å²) < 4.78 is 0. The smallest absolute Gasteiger partial charge is 0.268 e. The normalized spacial score (nSPS) is 15.8. The molecule has 1 saturated carbocycles. The van der Waals surface area contributed by atoms with Crippen LogP contribution < -0.4 is 5.32 Å². The van der Waals surface area contributed by atoms with Crippen LogP contribution in [0.2, 0.25) is 0 Å². The standard InChI is InChI=1S/C22H28N2O2/c1-4-18-19(16(3)25)15(2)24-20(18)21(26)23-14-22(12-8-9-13-22)17-10-6-5-7-11-17/h5-7,10-11,24H,4,8-9,12-14H2,1-3H3,(H,23,26). The van der Waals surface area contributed by atoms with Crippen LogP contribution in [0.5, 0.6) is 0 Å². The lowest BCUT2D eigenvalue weighted by atomic mass is 9.79. The minimum Gasteiger partial charge on any atom is -0.354 e. The van der Waals surface area contributed by atoms with Crippen LogP contribution >= 0.6 is 0 Å². The summed E-state index contributed by atoms with van der Waals surface area (Å²) in [5, 5.41) is 3.15. The van der Waals surface area contributed by atoms with Gasteiger partial charge in [0.25, 0.3) is 5.91 Å². The summed E-state index contributed by atoms with van der Waals surface area (Å²) in [7, 11) is 0. The Labute approximate surface area is 155 Å². The third-order valence-corrected chi connectivity index (χ3v) is 5.76. The van der Waals surface area contributed by atoms with Crippen molar-refractivity contribution < 1.29 is 9.59 Å². The van der Waals surface area contributed by atoms with Crippen LogP contribution in [0.15, 0.2) is 30.3 Å². The molecule has 26 heavy (non-hydrogen) atoms. The molecule has 4 nitrogen and oxygen atoms in total. The molecule has 0 saturated heterocycles. The van der Waals surface area contributed by atoms with Crippen molar-refractivity contribution in [3.05, 3.63) is 58.4 Å². The van der Waals surface area contributed by atoms with Gasteiger partial charge in [-0.25, -0.2) is 0 Å². The molecular formula is C22H28N2O2. The number of aromatic amines is 1. The summed E-state index contributed by atoms with van der Waals surface area (Å²) >= 11 is 0. The van der Waals surface area contributed by atoms with E-state index < -0.39 is 0 Å². The SMILES string of the molecule is CCc1c(C(=O)NCC2(c3ccccc3)CCCC2)[nH]c(C)c1C(C)=O. The highest BCUT2D eigenvalue weighted by Gasteiger charge is 2.36. The number of hydrogen-bond acceptors (Lipinski definition) is 2. The molecule has 1 aromatic heterocycles. The van der Waals surface area contributed by atoms with Gasteiger partial charge in [0.1, 0.15) is 5.69 Å². The second kappa shape index (κ2) is 7.48. The van der Waals surface area contributed by atoms with Gasteiger partial charge in [0.15, 0.2) is 5.78 Å². The second-order valence-corrected chi connectivity index (χ2v) is 7.42. The fourth-order valence-electron chi connectivity index (χ4n) is 4.45. The first kappa shape index (κ1) is 18.4. The van der Waals surface area contributed by atoms with E-state index in [-0.39, 0.29) is 17.1 Å². The number of H-pyrrole nitrogens is 1. The predicted octanol–water partition coefficient (Wildman–Crippen LogP) is 4.33. The van der Waals surface area contributed by atoms with Crippen molar-refractivity contribution >= 4 is 11.7 Å². The number of amides is 1. The number of ketones is 1. The lowest BCUT2D eigenvalue weighted by Gasteiger charge is -2.30. The number of Topliss-reactive ketones (excluding diaryl/α,β-unsaturated/α-hetero) is 1. The van der Waals surface area contributed by atoms with Crippen LogP contribution in [0.1, 0.15) is 77.2 Å². The summed E-state index contributed by atoms with van der Waals surface area (Å²) in [6.07, 6.45) is 5.24. The van der Waals surface area contributed by atoms with Gasteiger partial charge in [0.05, 0.1) is 0 Å². The first-order chi connectivity index (χ1) is 12.5. The van der Waals surface area contributed by atoms with Gasteiger partial charge in [0.2, 0.25) is 0 Å². The van der Waals surface area contributed by atoms with Crippen LogP contribution in [-0.2, 0) is 11.8 Å². The number of benzene rings is 1. The zero-order chi connectivity index (χ0) is 18.7. The van der Waals surface area contributed by atoms with E-state index in [2.05, 4.69) is 34.6 Å². The van der Waals surface area contributed by atoms with Crippen molar-refractivity contribution in [2.45, 2.75) is 58.3 Å². The molecule has 0 radical (unpaired) electrons. The van der Waals surface area contributed by atoms with E-state index in [1.54, 1.807) is 6.92 Å². The highest BCUT2D eigenvalue weighted by molar-refractivity contribution is 6.02. The quantitative estimate of drug-likeness (QED) is 0.760. The maximum absolute atomic E-state index is 12.9. The molecule has 0 spiro atoms. The molecule has 1 fully saturated rings. The second-order valence-electron chi connectivity index (χ2n) is 7.42. The fourth-order valence-corrected chi connectivity index (χ4v) is 4.45. The van der Waals surface area contributed by atoms with Gasteiger partial charge in [-0.3, -0.25) is 9.59 Å². The summed E-state index contributed by atoms with van der Waals surface area (Å²) in [5.74, 6) is -0.106. The highest BCUT2D eigenvalue weighted by Crippen LogP contribution is 2.40. The van der Waals surface area contributed by atoms with Crippen molar-refractivity contribution in [2.24, 2.45) is 0 Å². The zero-order valence-corrected chi connectivity index (χ0v) is 15.9. The van der Waals surface area contributed by atoms with Crippen molar-refractivity contribution in [1.29, 1.82) is 0 Å². The lowest BCUT2D eigenvalue weighted by Crippen LogP contribution is -2.39. The number of nitrogens with one attached hydrogen (secondary N) is 2. The third-order valence-electron chi connectivity index (χ3n) is 5.76. The van der Waals surface area contributed by atoms with Crippen LogP contribution in [0.3, 0.4) is 0 Å². The highest BCUT2D eigenvalue weighted by atomic mass is 16.2. The number of aromatic nitrogens is 1. The Morgan fingerprint density at radius 3 is 2.38 bits per heavy atom. The summed E-state index contributed by atoms with van der Waals surface area (Å²) in [6, 6.07) is 10.5. The summed E-state index contributed by atoms with van der Waals surface area (Å²) in [5.41, 5.74) is 4.13. The van der Waals surface area contributed by atoms with Gasteiger partial charge < -0.3 is 10.3 Å². The predicted molar refractivity (Wildman–Crippen MR) is 104 cm³/mol. The molecule has 1 aromatic carbocycles. The van der Waals surface area contributed by atoms with E-state index in [0.717, 1.165) is 24.1 Å². The Balaban J connectivity index is 1.82. The molecule has 0 unspecified atom stereocenters. The lowest BCUT2D eigenvalue weighted by molar-refractivity contribution is 0.0937. The zero-order valence-electron chi connectivity index (χ0n) is 15.9. The van der Waals surface area contributed by atoms with E-state index in [0.29, 0.717) is 24.2 Å². The van der Waals surface area contributed by atoms with Crippen molar-refractivity contribution in [3.8, 4) is 0 Å². The Morgan fingerprint density at radius 1 is 1.15 bits per heavy atom. The molecule has 2 aromatic rings. The number of carbonyl (C=O) groups is 2. The van der Waals surface area contributed by atoms with Gasteiger partial charge in [0, 0.05) is 23.2 Å². The molecule has 1 amide bonds. The topological polar surface area (TPSA) is 62.0 Å². The maximum Gasteiger partial charge on any atom is 0.268 e. The minimum atomic E-state index is -0.111. The molecule has 0 atom stereocenters. The average molecular weight is 352 g/mol. The maximum atomic E-state index is 12.9. The van der Waals surface area contributed by atoms with Crippen molar-refractivity contribution in [1.82, 2.24) is 10.3 Å². The molecule has 3 rings (SSSR count). The van der Waals surface area contributed by atoms with Crippen molar-refractivity contribution in [3.63, 3.8) is 0 Å². The van der Waals surface area contributed by atoms with Crippen LogP contribution in [0.4, 0.5) is 0 Å². The minimum absolute atomic E-state index is 0.00574. The molecule has 4 heteroatoms. The summed E-state index contributed by atoms with van der Waals surface area (Å²) in [6.45, 7) is 6.02. The molecule has 1 aliphatic rings. The van der Waals surface area contributed by atoms with Crippen LogP contribution in [0, 0.1) is 6.92 Å². The Morgan fingerprint density at radius 2 is 1.81 bits per heavy atom. The monoisotopic (exact) mass is 352 g/mol. The average Bonchev–Trinajstić information content (AvgIpc) is 3.25. The van der Waals surface area contributed by atoms with E-state index in [1.807, 2.05) is 19.9 Å². The fraction of sp³-hybridized carbons (Fsp3) is 0.455. The van der Waals surface area contributed by atoms with Gasteiger partial charge >= 0.3 is 0 Å². The van der Waals surface area contributed by atoms with Gasteiger partial charge in [-0.2, -0.15) is 0 Å². The molecule has 1 heterocycles. The van der Waals surface area contributed by atoms with E-state index in [4.69, 9.17) is 0 Å².